The number of anilines is 2. The van der Waals surface area contributed by atoms with Gasteiger partial charge in [0.2, 0.25) is 5.95 Å². The van der Waals surface area contributed by atoms with E-state index >= 15 is 0 Å². The van der Waals surface area contributed by atoms with Crippen molar-refractivity contribution in [2.75, 3.05) is 30.4 Å². The fourth-order valence-corrected chi connectivity index (χ4v) is 4.91. The number of rotatable bonds is 8. The zero-order chi connectivity index (χ0) is 24.3. The van der Waals surface area contributed by atoms with Gasteiger partial charge >= 0.3 is 0 Å². The van der Waals surface area contributed by atoms with E-state index in [1.54, 1.807) is 7.11 Å². The van der Waals surface area contributed by atoms with Crippen molar-refractivity contribution in [3.63, 3.8) is 0 Å². The number of nitrogens with one attached hydrogen (secondary N) is 1. The Morgan fingerprint density at radius 2 is 1.78 bits per heavy atom. The van der Waals surface area contributed by atoms with Crippen LogP contribution >= 0.6 is 0 Å². The highest BCUT2D eigenvalue weighted by molar-refractivity contribution is 5.92. The van der Waals surface area contributed by atoms with Gasteiger partial charge in [0.25, 0.3) is 0 Å². The van der Waals surface area contributed by atoms with E-state index in [1.165, 1.54) is 16.7 Å². The number of hydrogen-bond acceptors (Lipinski definition) is 6. The van der Waals surface area contributed by atoms with E-state index in [9.17, 15) is 0 Å². The van der Waals surface area contributed by atoms with Crippen LogP contribution in [0.3, 0.4) is 0 Å². The molecular weight excluding hydrogens is 448 g/mol. The van der Waals surface area contributed by atoms with Crippen LogP contribution < -0.4 is 15.0 Å². The standard InChI is InChI=1S/C29H30N6O/c1-36-24-14-12-23(13-15-24)19-34-17-16-25-26-27(34)31-29(30-18-21-8-4-2-5-9-21)32-28(26)35(33-25)20-22-10-6-3-7-11-22/h3-4,6-15H,2,5,16-20H2,1H3,(H,30,31,32). The minimum absolute atomic E-state index is 0.639. The summed E-state index contributed by atoms with van der Waals surface area (Å²) in [5.74, 6) is 2.45. The molecule has 0 amide bonds. The first-order chi connectivity index (χ1) is 17.8. The normalized spacial score (nSPS) is 14.7. The highest BCUT2D eigenvalue weighted by atomic mass is 16.5. The van der Waals surface area contributed by atoms with Gasteiger partial charge in [-0.15, -0.1) is 0 Å². The summed E-state index contributed by atoms with van der Waals surface area (Å²) in [6.45, 7) is 3.02. The van der Waals surface area contributed by atoms with Gasteiger partial charge in [0.15, 0.2) is 5.65 Å². The lowest BCUT2D eigenvalue weighted by atomic mass is 10.1. The van der Waals surface area contributed by atoms with Crippen LogP contribution in [0.25, 0.3) is 11.0 Å². The van der Waals surface area contributed by atoms with Gasteiger partial charge in [-0.1, -0.05) is 60.7 Å². The molecule has 7 nitrogen and oxygen atoms in total. The Morgan fingerprint density at radius 3 is 2.56 bits per heavy atom. The van der Waals surface area contributed by atoms with Gasteiger partial charge < -0.3 is 15.0 Å². The Hall–Kier alpha value is -4.13. The molecule has 2 aromatic carbocycles. The summed E-state index contributed by atoms with van der Waals surface area (Å²) >= 11 is 0. The molecular formula is C29H30N6O. The fourth-order valence-electron chi connectivity index (χ4n) is 4.91. The summed E-state index contributed by atoms with van der Waals surface area (Å²) < 4.78 is 7.37. The van der Waals surface area contributed by atoms with E-state index in [-0.39, 0.29) is 0 Å². The van der Waals surface area contributed by atoms with E-state index in [0.29, 0.717) is 19.0 Å². The SMILES string of the molecule is COc1ccc(CN2CCc3nn(Cc4ccccc4)c4nc(NCC5=CCCC=C5)nc2c34)cc1. The second-order valence-corrected chi connectivity index (χ2v) is 9.29. The molecule has 36 heavy (non-hydrogen) atoms. The van der Waals surface area contributed by atoms with Gasteiger partial charge in [0.1, 0.15) is 11.6 Å². The molecule has 1 aliphatic heterocycles. The Balaban J connectivity index is 1.37. The average Bonchev–Trinajstić information content (AvgIpc) is 3.28. The summed E-state index contributed by atoms with van der Waals surface area (Å²) in [4.78, 5) is 12.3. The third kappa shape index (κ3) is 4.56. The van der Waals surface area contributed by atoms with Crippen LogP contribution in [0, 0.1) is 0 Å². The third-order valence-electron chi connectivity index (χ3n) is 6.79. The molecule has 0 atom stereocenters. The first kappa shape index (κ1) is 22.3. The minimum Gasteiger partial charge on any atom is -0.497 e. The van der Waals surface area contributed by atoms with Crippen LogP contribution in [-0.2, 0) is 19.5 Å². The molecule has 2 aliphatic rings. The quantitative estimate of drug-likeness (QED) is 0.379. The van der Waals surface area contributed by atoms with Gasteiger partial charge in [-0.3, -0.25) is 0 Å². The Kier molecular flexibility index (Phi) is 6.11. The maximum Gasteiger partial charge on any atom is 0.227 e. The maximum atomic E-state index is 5.33. The predicted octanol–water partition coefficient (Wildman–Crippen LogP) is 5.13. The highest BCUT2D eigenvalue weighted by Gasteiger charge is 2.27. The number of nitrogens with zero attached hydrogens (tertiary/aromatic N) is 5. The Morgan fingerprint density at radius 1 is 0.944 bits per heavy atom. The smallest absolute Gasteiger partial charge is 0.227 e. The van der Waals surface area contributed by atoms with Crippen molar-refractivity contribution in [1.82, 2.24) is 19.7 Å². The second kappa shape index (κ2) is 9.85. The van der Waals surface area contributed by atoms with E-state index in [2.05, 4.69) is 64.8 Å². The molecule has 0 unspecified atom stereocenters. The van der Waals surface area contributed by atoms with Crippen LogP contribution in [0.2, 0.25) is 0 Å². The molecule has 0 saturated carbocycles. The molecule has 1 N–H and O–H groups in total. The summed E-state index contributed by atoms with van der Waals surface area (Å²) in [5, 5.41) is 9.53. The van der Waals surface area contributed by atoms with E-state index in [1.807, 2.05) is 22.9 Å². The van der Waals surface area contributed by atoms with Crippen molar-refractivity contribution in [3.05, 3.63) is 95.2 Å². The van der Waals surface area contributed by atoms with Gasteiger partial charge in [-0.25, -0.2) is 4.68 Å². The molecule has 0 radical (unpaired) electrons. The zero-order valence-electron chi connectivity index (χ0n) is 20.5. The van der Waals surface area contributed by atoms with Crippen LogP contribution in [0.4, 0.5) is 11.8 Å². The van der Waals surface area contributed by atoms with Crippen molar-refractivity contribution in [2.24, 2.45) is 0 Å². The highest BCUT2D eigenvalue weighted by Crippen LogP contribution is 2.34. The molecule has 4 aromatic rings. The second-order valence-electron chi connectivity index (χ2n) is 9.29. The summed E-state index contributed by atoms with van der Waals surface area (Å²) in [6, 6.07) is 18.7. The maximum absolute atomic E-state index is 5.33. The van der Waals surface area contributed by atoms with Crippen molar-refractivity contribution in [1.29, 1.82) is 0 Å². The molecule has 182 valence electrons. The molecule has 0 spiro atoms. The average molecular weight is 479 g/mol. The molecule has 7 heteroatoms. The number of benzene rings is 2. The van der Waals surface area contributed by atoms with Gasteiger partial charge in [-0.05, 0) is 41.7 Å². The molecule has 0 bridgehead atoms. The van der Waals surface area contributed by atoms with E-state index in [0.717, 1.165) is 60.6 Å². The lowest BCUT2D eigenvalue weighted by Gasteiger charge is -2.28. The van der Waals surface area contributed by atoms with Gasteiger partial charge in [0.05, 0.1) is 24.7 Å². The van der Waals surface area contributed by atoms with Crippen LogP contribution in [-0.4, -0.2) is 39.9 Å². The van der Waals surface area contributed by atoms with Crippen LogP contribution in [0.1, 0.15) is 29.7 Å². The molecule has 3 heterocycles. The van der Waals surface area contributed by atoms with E-state index in [4.69, 9.17) is 19.8 Å². The van der Waals surface area contributed by atoms with Crippen LogP contribution in [0.5, 0.6) is 5.75 Å². The van der Waals surface area contributed by atoms with Crippen molar-refractivity contribution in [3.8, 4) is 5.75 Å². The largest absolute Gasteiger partial charge is 0.497 e. The number of methoxy groups -OCH3 is 1. The summed E-state index contributed by atoms with van der Waals surface area (Å²) in [5.41, 5.74) is 5.65. The third-order valence-corrected chi connectivity index (χ3v) is 6.79. The molecule has 0 fully saturated rings. The fraction of sp³-hybridized carbons (Fsp3) is 0.276. The molecule has 2 aromatic heterocycles. The zero-order valence-corrected chi connectivity index (χ0v) is 20.5. The van der Waals surface area contributed by atoms with Crippen molar-refractivity contribution in [2.45, 2.75) is 32.4 Å². The topological polar surface area (TPSA) is 68.1 Å². The van der Waals surface area contributed by atoms with E-state index < -0.39 is 0 Å². The predicted molar refractivity (Wildman–Crippen MR) is 144 cm³/mol. The number of allylic oxidation sites excluding steroid dienone is 2. The van der Waals surface area contributed by atoms with Crippen molar-refractivity contribution < 1.29 is 4.74 Å². The first-order valence-electron chi connectivity index (χ1n) is 12.6. The monoisotopic (exact) mass is 478 g/mol. The number of aromatic nitrogens is 4. The molecule has 1 aliphatic carbocycles. The lowest BCUT2D eigenvalue weighted by molar-refractivity contribution is 0.414. The lowest BCUT2D eigenvalue weighted by Crippen LogP contribution is -2.29. The van der Waals surface area contributed by atoms with Crippen molar-refractivity contribution >= 4 is 22.8 Å². The minimum atomic E-state index is 0.639. The Labute approximate surface area is 211 Å². The van der Waals surface area contributed by atoms with Gasteiger partial charge in [-0.2, -0.15) is 15.1 Å². The summed E-state index contributed by atoms with van der Waals surface area (Å²) in [6.07, 6.45) is 9.76. The molecule has 0 saturated heterocycles. The Bertz CT molecular complexity index is 1420. The summed E-state index contributed by atoms with van der Waals surface area (Å²) in [7, 11) is 1.69. The van der Waals surface area contributed by atoms with Crippen LogP contribution in [0.15, 0.2) is 78.4 Å². The molecule has 6 rings (SSSR count). The number of hydrogen-bond donors (Lipinski definition) is 1. The van der Waals surface area contributed by atoms with Gasteiger partial charge in [0, 0.05) is 26.1 Å². The number of ether oxygens (including phenoxy) is 1. The first-order valence-corrected chi connectivity index (χ1v) is 12.6.